The van der Waals surface area contributed by atoms with Crippen LogP contribution in [0.2, 0.25) is 0 Å². The first kappa shape index (κ1) is 11.0. The Labute approximate surface area is 98.8 Å². The van der Waals surface area contributed by atoms with Gasteiger partial charge in [-0.3, -0.25) is 4.79 Å². The average Bonchev–Trinajstić information content (AvgIpc) is 2.72. The van der Waals surface area contributed by atoms with Crippen molar-refractivity contribution in [3.05, 3.63) is 36.0 Å². The number of carbonyl (C=O) groups is 1. The van der Waals surface area contributed by atoms with E-state index in [1.807, 2.05) is 37.4 Å². The largest absolute Gasteiger partial charge is 0.361 e. The highest BCUT2D eigenvalue weighted by atomic mass is 35.5. The summed E-state index contributed by atoms with van der Waals surface area (Å²) in [5.74, 6) is -0.161. The minimum atomic E-state index is -0.153. The summed E-state index contributed by atoms with van der Waals surface area (Å²) in [6.07, 6.45) is 1.92. The van der Waals surface area contributed by atoms with E-state index in [1.165, 1.54) is 0 Å². The van der Waals surface area contributed by atoms with Gasteiger partial charge in [0.15, 0.2) is 0 Å². The van der Waals surface area contributed by atoms with Gasteiger partial charge in [-0.2, -0.15) is 0 Å². The number of nitrogens with one attached hydrogen (secondary N) is 2. The summed E-state index contributed by atoms with van der Waals surface area (Å²) in [5, 5.41) is 3.96. The summed E-state index contributed by atoms with van der Waals surface area (Å²) >= 11 is 5.46. The summed E-state index contributed by atoms with van der Waals surface area (Å²) in [6.45, 7) is 1.94. The van der Waals surface area contributed by atoms with Gasteiger partial charge in [0, 0.05) is 17.1 Å². The van der Waals surface area contributed by atoms with Crippen LogP contribution < -0.4 is 5.32 Å². The van der Waals surface area contributed by atoms with Crippen LogP contribution in [-0.4, -0.2) is 16.8 Å². The maximum atomic E-state index is 11.2. The fourth-order valence-electron chi connectivity index (χ4n) is 1.81. The van der Waals surface area contributed by atoms with E-state index in [0.29, 0.717) is 0 Å². The fraction of sp³-hybridized carbons (Fsp3) is 0.250. The Balaban J connectivity index is 2.29. The number of rotatable bonds is 3. The molecule has 1 amide bonds. The molecule has 4 heteroatoms. The Morgan fingerprint density at radius 1 is 1.50 bits per heavy atom. The third-order valence-corrected chi connectivity index (χ3v) is 2.83. The Kier molecular flexibility index (Phi) is 3.15. The SMILES string of the molecule is CC(NC(=O)CCl)c1c[nH]c2ccccc12. The maximum Gasteiger partial charge on any atom is 0.235 e. The second kappa shape index (κ2) is 4.58. The molecule has 0 radical (unpaired) electrons. The quantitative estimate of drug-likeness (QED) is 0.791. The van der Waals surface area contributed by atoms with Crippen LogP contribution >= 0.6 is 11.6 Å². The van der Waals surface area contributed by atoms with Crippen LogP contribution in [0.5, 0.6) is 0 Å². The monoisotopic (exact) mass is 236 g/mol. The second-order valence-corrected chi connectivity index (χ2v) is 3.98. The molecule has 0 fully saturated rings. The topological polar surface area (TPSA) is 44.9 Å². The lowest BCUT2D eigenvalue weighted by Crippen LogP contribution is -2.27. The third kappa shape index (κ3) is 2.04. The van der Waals surface area contributed by atoms with Crippen molar-refractivity contribution in [2.24, 2.45) is 0 Å². The number of halogens is 1. The van der Waals surface area contributed by atoms with Gasteiger partial charge in [0.1, 0.15) is 5.88 Å². The van der Waals surface area contributed by atoms with Gasteiger partial charge in [0.2, 0.25) is 5.91 Å². The van der Waals surface area contributed by atoms with Gasteiger partial charge in [0.05, 0.1) is 6.04 Å². The van der Waals surface area contributed by atoms with Gasteiger partial charge >= 0.3 is 0 Å². The fourth-order valence-corrected chi connectivity index (χ4v) is 1.89. The smallest absolute Gasteiger partial charge is 0.235 e. The van der Waals surface area contributed by atoms with E-state index in [1.54, 1.807) is 0 Å². The lowest BCUT2D eigenvalue weighted by atomic mass is 10.1. The van der Waals surface area contributed by atoms with Crippen molar-refractivity contribution < 1.29 is 4.79 Å². The molecule has 84 valence electrons. The van der Waals surface area contributed by atoms with E-state index in [9.17, 15) is 4.79 Å². The number of hydrogen-bond acceptors (Lipinski definition) is 1. The molecule has 2 N–H and O–H groups in total. The van der Waals surface area contributed by atoms with Gasteiger partial charge in [-0.05, 0) is 18.6 Å². The van der Waals surface area contributed by atoms with Crippen molar-refractivity contribution >= 4 is 28.4 Å². The second-order valence-electron chi connectivity index (χ2n) is 3.71. The predicted molar refractivity (Wildman–Crippen MR) is 65.6 cm³/mol. The number of para-hydroxylation sites is 1. The Hall–Kier alpha value is -1.48. The third-order valence-electron chi connectivity index (χ3n) is 2.59. The minimum absolute atomic E-state index is 0.00725. The number of carbonyl (C=O) groups excluding carboxylic acids is 1. The van der Waals surface area contributed by atoms with Crippen LogP contribution in [0.4, 0.5) is 0 Å². The molecule has 0 bridgehead atoms. The molecule has 2 rings (SSSR count). The first-order valence-corrected chi connectivity index (χ1v) is 5.67. The van der Waals surface area contributed by atoms with Crippen LogP contribution in [0.1, 0.15) is 18.5 Å². The number of hydrogen-bond donors (Lipinski definition) is 2. The van der Waals surface area contributed by atoms with Crippen LogP contribution in [0, 0.1) is 0 Å². The van der Waals surface area contributed by atoms with E-state index in [-0.39, 0.29) is 17.8 Å². The zero-order valence-corrected chi connectivity index (χ0v) is 9.71. The minimum Gasteiger partial charge on any atom is -0.361 e. The average molecular weight is 237 g/mol. The number of aromatic nitrogens is 1. The first-order chi connectivity index (χ1) is 7.72. The van der Waals surface area contributed by atoms with Gasteiger partial charge in [-0.15, -0.1) is 11.6 Å². The molecule has 0 spiro atoms. The van der Waals surface area contributed by atoms with Crippen molar-refractivity contribution in [3.63, 3.8) is 0 Å². The van der Waals surface area contributed by atoms with E-state index < -0.39 is 0 Å². The summed E-state index contributed by atoms with van der Waals surface area (Å²) in [4.78, 5) is 14.4. The van der Waals surface area contributed by atoms with Crippen LogP contribution in [-0.2, 0) is 4.79 Å². The summed E-state index contributed by atoms with van der Waals surface area (Å²) in [7, 11) is 0. The molecular formula is C12H13ClN2O. The highest BCUT2D eigenvalue weighted by Crippen LogP contribution is 2.23. The molecule has 1 heterocycles. The molecule has 1 aromatic carbocycles. The lowest BCUT2D eigenvalue weighted by molar-refractivity contribution is -0.119. The summed E-state index contributed by atoms with van der Waals surface area (Å²) in [6, 6.07) is 7.96. The molecule has 2 aromatic rings. The molecule has 1 unspecified atom stereocenters. The zero-order chi connectivity index (χ0) is 11.5. The van der Waals surface area contributed by atoms with Gasteiger partial charge < -0.3 is 10.3 Å². The maximum absolute atomic E-state index is 11.2. The van der Waals surface area contributed by atoms with E-state index >= 15 is 0 Å². The summed E-state index contributed by atoms with van der Waals surface area (Å²) in [5.41, 5.74) is 2.15. The Morgan fingerprint density at radius 3 is 3.00 bits per heavy atom. The summed E-state index contributed by atoms with van der Waals surface area (Å²) < 4.78 is 0. The molecule has 0 aliphatic heterocycles. The van der Waals surface area contributed by atoms with E-state index in [4.69, 9.17) is 11.6 Å². The molecule has 0 aliphatic rings. The highest BCUT2D eigenvalue weighted by Gasteiger charge is 2.12. The first-order valence-electron chi connectivity index (χ1n) is 5.13. The zero-order valence-electron chi connectivity index (χ0n) is 8.96. The number of aromatic amines is 1. The molecule has 0 saturated carbocycles. The standard InChI is InChI=1S/C12H13ClN2O/c1-8(15-12(16)6-13)10-7-14-11-5-3-2-4-9(10)11/h2-5,7-8,14H,6H2,1H3,(H,15,16). The molecule has 1 atom stereocenters. The van der Waals surface area contributed by atoms with Crippen LogP contribution in [0.3, 0.4) is 0 Å². The number of fused-ring (bicyclic) bond motifs is 1. The number of alkyl halides is 1. The molecule has 0 saturated heterocycles. The van der Waals surface area contributed by atoms with E-state index in [2.05, 4.69) is 10.3 Å². The van der Waals surface area contributed by atoms with Crippen molar-refractivity contribution in [1.29, 1.82) is 0 Å². The predicted octanol–water partition coefficient (Wildman–Crippen LogP) is 2.58. The van der Waals surface area contributed by atoms with E-state index in [0.717, 1.165) is 16.5 Å². The number of H-pyrrole nitrogens is 1. The Bertz CT molecular complexity index is 506. The van der Waals surface area contributed by atoms with Crippen LogP contribution in [0.25, 0.3) is 10.9 Å². The Morgan fingerprint density at radius 2 is 2.25 bits per heavy atom. The molecule has 1 aromatic heterocycles. The molecule has 16 heavy (non-hydrogen) atoms. The lowest BCUT2D eigenvalue weighted by Gasteiger charge is -2.11. The molecule has 0 aliphatic carbocycles. The van der Waals surface area contributed by atoms with Gasteiger partial charge in [-0.25, -0.2) is 0 Å². The molecular weight excluding hydrogens is 224 g/mol. The van der Waals surface area contributed by atoms with Gasteiger partial charge in [0.25, 0.3) is 0 Å². The normalized spacial score (nSPS) is 12.6. The van der Waals surface area contributed by atoms with Gasteiger partial charge in [-0.1, -0.05) is 18.2 Å². The highest BCUT2D eigenvalue weighted by molar-refractivity contribution is 6.27. The van der Waals surface area contributed by atoms with Crippen molar-refractivity contribution in [2.45, 2.75) is 13.0 Å². The van der Waals surface area contributed by atoms with Crippen molar-refractivity contribution in [3.8, 4) is 0 Å². The van der Waals surface area contributed by atoms with Crippen molar-refractivity contribution in [1.82, 2.24) is 10.3 Å². The number of benzene rings is 1. The number of amides is 1. The van der Waals surface area contributed by atoms with Crippen molar-refractivity contribution in [2.75, 3.05) is 5.88 Å². The molecule has 3 nitrogen and oxygen atoms in total. The van der Waals surface area contributed by atoms with Crippen LogP contribution in [0.15, 0.2) is 30.5 Å².